The fraction of sp³-hybridized carbons (Fsp3) is 0.231. The average Bonchev–Trinajstić information content (AvgIpc) is 3.11. The van der Waals surface area contributed by atoms with Gasteiger partial charge in [0.2, 0.25) is 0 Å². The Hall–Kier alpha value is -2.77. The molecule has 33 heavy (non-hydrogen) atoms. The number of fused-ring (bicyclic) bond motifs is 1. The largest absolute Gasteiger partial charge is 0.493 e. The van der Waals surface area contributed by atoms with Gasteiger partial charge in [-0.3, -0.25) is 14.5 Å². The van der Waals surface area contributed by atoms with Gasteiger partial charge in [0.25, 0.3) is 11.1 Å². The Balaban J connectivity index is 1.59. The number of thioether (sulfide) groups is 1. The van der Waals surface area contributed by atoms with E-state index in [2.05, 4.69) is 34.1 Å². The van der Waals surface area contributed by atoms with Crippen molar-refractivity contribution in [1.29, 1.82) is 0 Å². The van der Waals surface area contributed by atoms with Crippen LogP contribution in [0, 0.1) is 0 Å². The molecule has 7 heteroatoms. The summed E-state index contributed by atoms with van der Waals surface area (Å²) >= 11 is 4.54. The molecule has 0 aromatic heterocycles. The topological polar surface area (TPSA) is 55.8 Å². The van der Waals surface area contributed by atoms with Crippen LogP contribution in [-0.4, -0.2) is 29.2 Å². The fourth-order valence-electron chi connectivity index (χ4n) is 3.69. The van der Waals surface area contributed by atoms with Crippen molar-refractivity contribution in [3.8, 4) is 11.5 Å². The normalized spacial score (nSPS) is 16.0. The summed E-state index contributed by atoms with van der Waals surface area (Å²) in [4.78, 5) is 26.8. The highest BCUT2D eigenvalue weighted by Gasteiger charge is 2.37. The summed E-state index contributed by atoms with van der Waals surface area (Å²) in [5.74, 6) is 0.870. The SMILES string of the molecule is CC[C@@H](C)N1C(=O)S/C(=C/c2cc(OC)c(OCc3cccc4ccccc34)cc2Br)C1=O. The van der Waals surface area contributed by atoms with Crippen LogP contribution in [0.5, 0.6) is 11.5 Å². The van der Waals surface area contributed by atoms with Crippen molar-refractivity contribution >= 4 is 55.7 Å². The lowest BCUT2D eigenvalue weighted by Crippen LogP contribution is -2.36. The van der Waals surface area contributed by atoms with Gasteiger partial charge in [0, 0.05) is 10.5 Å². The van der Waals surface area contributed by atoms with E-state index in [1.165, 1.54) is 4.90 Å². The molecule has 1 heterocycles. The van der Waals surface area contributed by atoms with E-state index >= 15 is 0 Å². The van der Waals surface area contributed by atoms with Crippen molar-refractivity contribution < 1.29 is 19.1 Å². The van der Waals surface area contributed by atoms with Crippen LogP contribution in [0.3, 0.4) is 0 Å². The molecule has 1 aliphatic rings. The number of amides is 2. The highest BCUT2D eigenvalue weighted by molar-refractivity contribution is 9.10. The van der Waals surface area contributed by atoms with Gasteiger partial charge in [0.05, 0.1) is 12.0 Å². The molecule has 4 rings (SSSR count). The molecule has 3 aromatic carbocycles. The Morgan fingerprint density at radius 1 is 1.09 bits per heavy atom. The molecule has 0 spiro atoms. The second kappa shape index (κ2) is 10.0. The molecule has 0 N–H and O–H groups in total. The van der Waals surface area contributed by atoms with Crippen molar-refractivity contribution in [2.75, 3.05) is 7.11 Å². The molecule has 0 radical (unpaired) electrons. The van der Waals surface area contributed by atoms with Crippen LogP contribution in [0.25, 0.3) is 16.8 Å². The number of carbonyl (C=O) groups is 2. The van der Waals surface area contributed by atoms with Gasteiger partial charge in [-0.05, 0) is 65.2 Å². The predicted molar refractivity (Wildman–Crippen MR) is 137 cm³/mol. The Kier molecular flexibility index (Phi) is 7.10. The van der Waals surface area contributed by atoms with E-state index in [9.17, 15) is 9.59 Å². The highest BCUT2D eigenvalue weighted by Crippen LogP contribution is 2.39. The first-order valence-corrected chi connectivity index (χ1v) is 12.3. The molecule has 1 aliphatic heterocycles. The molecule has 0 unspecified atom stereocenters. The van der Waals surface area contributed by atoms with Crippen molar-refractivity contribution in [3.05, 3.63) is 75.1 Å². The molecule has 1 atom stereocenters. The molecule has 1 fully saturated rings. The third-order valence-corrected chi connectivity index (χ3v) is 7.26. The Bertz CT molecular complexity index is 1250. The zero-order valence-corrected chi connectivity index (χ0v) is 21.0. The van der Waals surface area contributed by atoms with Gasteiger partial charge < -0.3 is 9.47 Å². The molecular weight excluding hydrogens is 502 g/mol. The van der Waals surface area contributed by atoms with Gasteiger partial charge in [0.15, 0.2) is 11.5 Å². The maximum Gasteiger partial charge on any atom is 0.293 e. The molecule has 0 saturated carbocycles. The first-order chi connectivity index (χ1) is 15.9. The van der Waals surface area contributed by atoms with Gasteiger partial charge in [-0.1, -0.05) is 65.3 Å². The Labute approximate surface area is 205 Å². The second-order valence-corrected chi connectivity index (χ2v) is 9.61. The summed E-state index contributed by atoms with van der Waals surface area (Å²) in [6.45, 7) is 4.22. The van der Waals surface area contributed by atoms with Crippen molar-refractivity contribution in [1.82, 2.24) is 4.90 Å². The summed E-state index contributed by atoms with van der Waals surface area (Å²) in [6.07, 6.45) is 2.43. The smallest absolute Gasteiger partial charge is 0.293 e. The van der Waals surface area contributed by atoms with E-state index in [1.54, 1.807) is 19.3 Å². The summed E-state index contributed by atoms with van der Waals surface area (Å²) < 4.78 is 12.4. The lowest BCUT2D eigenvalue weighted by Gasteiger charge is -2.19. The first-order valence-electron chi connectivity index (χ1n) is 10.7. The number of ether oxygens (including phenoxy) is 2. The van der Waals surface area contributed by atoms with E-state index in [4.69, 9.17) is 9.47 Å². The van der Waals surface area contributed by atoms with E-state index < -0.39 is 0 Å². The number of hydrogen-bond donors (Lipinski definition) is 0. The van der Waals surface area contributed by atoms with Gasteiger partial charge in [-0.2, -0.15) is 0 Å². The zero-order chi connectivity index (χ0) is 23.5. The summed E-state index contributed by atoms with van der Waals surface area (Å²) in [7, 11) is 1.58. The quantitative estimate of drug-likeness (QED) is 0.310. The fourth-order valence-corrected chi connectivity index (χ4v) is 5.05. The third kappa shape index (κ3) is 4.80. The molecule has 0 bridgehead atoms. The van der Waals surface area contributed by atoms with E-state index in [-0.39, 0.29) is 17.2 Å². The lowest BCUT2D eigenvalue weighted by atomic mass is 10.1. The van der Waals surface area contributed by atoms with E-state index in [0.29, 0.717) is 29.4 Å². The Morgan fingerprint density at radius 3 is 2.61 bits per heavy atom. The van der Waals surface area contributed by atoms with Gasteiger partial charge in [0.1, 0.15) is 6.61 Å². The van der Waals surface area contributed by atoms with Crippen LogP contribution in [0.2, 0.25) is 0 Å². The van der Waals surface area contributed by atoms with Crippen LogP contribution < -0.4 is 9.47 Å². The van der Waals surface area contributed by atoms with Crippen molar-refractivity contribution in [2.45, 2.75) is 32.9 Å². The predicted octanol–water partition coefficient (Wildman–Crippen LogP) is 7.02. The van der Waals surface area contributed by atoms with Gasteiger partial charge >= 0.3 is 0 Å². The molecule has 0 aliphatic carbocycles. The molecule has 1 saturated heterocycles. The monoisotopic (exact) mass is 525 g/mol. The maximum atomic E-state index is 12.8. The number of benzene rings is 3. The van der Waals surface area contributed by atoms with Gasteiger partial charge in [-0.25, -0.2) is 0 Å². The van der Waals surface area contributed by atoms with Crippen LogP contribution in [-0.2, 0) is 11.4 Å². The van der Waals surface area contributed by atoms with Crippen molar-refractivity contribution in [2.24, 2.45) is 0 Å². The number of carbonyl (C=O) groups excluding carboxylic acids is 2. The highest BCUT2D eigenvalue weighted by atomic mass is 79.9. The maximum absolute atomic E-state index is 12.8. The summed E-state index contributed by atoms with van der Waals surface area (Å²) in [5, 5.41) is 2.07. The average molecular weight is 526 g/mol. The molecule has 3 aromatic rings. The Morgan fingerprint density at radius 2 is 1.85 bits per heavy atom. The molecular formula is C26H24BrNO4S. The number of nitrogens with zero attached hydrogens (tertiary/aromatic N) is 1. The zero-order valence-electron chi connectivity index (χ0n) is 18.6. The minimum absolute atomic E-state index is 0.133. The molecule has 2 amide bonds. The summed E-state index contributed by atoms with van der Waals surface area (Å²) in [5.41, 5.74) is 1.81. The van der Waals surface area contributed by atoms with Crippen LogP contribution in [0.15, 0.2) is 64.0 Å². The molecule has 5 nitrogen and oxygen atoms in total. The number of rotatable bonds is 7. The second-order valence-electron chi connectivity index (χ2n) is 7.76. The standard InChI is InChI=1S/C26H24BrNO4S/c1-4-16(2)28-25(29)24(33-26(28)30)13-19-12-22(31-3)23(14-21(19)27)32-15-18-10-7-9-17-8-5-6-11-20(17)18/h5-14,16H,4,15H2,1-3H3/b24-13+/t16-/m1/s1. The van der Waals surface area contributed by atoms with Gasteiger partial charge in [-0.15, -0.1) is 0 Å². The number of halogens is 1. The van der Waals surface area contributed by atoms with Crippen LogP contribution in [0.4, 0.5) is 4.79 Å². The molecule has 170 valence electrons. The number of imide groups is 1. The van der Waals surface area contributed by atoms with E-state index in [0.717, 1.165) is 38.1 Å². The van der Waals surface area contributed by atoms with Crippen LogP contribution >= 0.6 is 27.7 Å². The minimum Gasteiger partial charge on any atom is -0.493 e. The lowest BCUT2D eigenvalue weighted by molar-refractivity contribution is -0.124. The van der Waals surface area contributed by atoms with Crippen LogP contribution in [0.1, 0.15) is 31.4 Å². The van der Waals surface area contributed by atoms with Crippen molar-refractivity contribution in [3.63, 3.8) is 0 Å². The first kappa shape index (κ1) is 23.4. The van der Waals surface area contributed by atoms with E-state index in [1.807, 2.05) is 44.2 Å². The summed E-state index contributed by atoms with van der Waals surface area (Å²) in [6, 6.07) is 17.8. The number of hydrogen-bond acceptors (Lipinski definition) is 5. The number of methoxy groups -OCH3 is 1. The minimum atomic E-state index is -0.263. The third-order valence-electron chi connectivity index (χ3n) is 5.69.